The topological polar surface area (TPSA) is 68.9 Å². The lowest BCUT2D eigenvalue weighted by Crippen LogP contribution is -2.32. The molecule has 0 bridgehead atoms. The SMILES string of the molecule is Cn1cc(CC(=O)NCCn2nc(-c3ccc(Cl)cc3)ccc2=O)c2ccccc21. The molecule has 0 radical (unpaired) electrons. The Morgan fingerprint density at radius 2 is 1.83 bits per heavy atom. The predicted molar refractivity (Wildman–Crippen MR) is 119 cm³/mol. The third-order valence-electron chi connectivity index (χ3n) is 4.98. The van der Waals surface area contributed by atoms with Gasteiger partial charge in [0, 0.05) is 47.3 Å². The van der Waals surface area contributed by atoms with Gasteiger partial charge >= 0.3 is 0 Å². The summed E-state index contributed by atoms with van der Waals surface area (Å²) in [5.74, 6) is -0.0896. The van der Waals surface area contributed by atoms with E-state index in [0.717, 1.165) is 22.0 Å². The lowest BCUT2D eigenvalue weighted by molar-refractivity contribution is -0.120. The number of nitrogens with zero attached hydrogens (tertiary/aromatic N) is 3. The molecule has 30 heavy (non-hydrogen) atoms. The number of rotatable bonds is 6. The second-order valence-electron chi connectivity index (χ2n) is 7.10. The van der Waals surface area contributed by atoms with Gasteiger partial charge in [-0.05, 0) is 29.8 Å². The van der Waals surface area contributed by atoms with E-state index in [4.69, 9.17) is 11.6 Å². The van der Waals surface area contributed by atoms with Crippen LogP contribution >= 0.6 is 11.6 Å². The van der Waals surface area contributed by atoms with Crippen LogP contribution in [0.25, 0.3) is 22.2 Å². The van der Waals surface area contributed by atoms with Crippen molar-refractivity contribution in [3.63, 3.8) is 0 Å². The maximum Gasteiger partial charge on any atom is 0.266 e. The van der Waals surface area contributed by atoms with Gasteiger partial charge in [-0.15, -0.1) is 0 Å². The molecule has 0 saturated carbocycles. The number of amides is 1. The van der Waals surface area contributed by atoms with Crippen molar-refractivity contribution < 1.29 is 4.79 Å². The molecule has 6 nitrogen and oxygen atoms in total. The number of nitrogens with one attached hydrogen (secondary N) is 1. The summed E-state index contributed by atoms with van der Waals surface area (Å²) in [6.45, 7) is 0.613. The van der Waals surface area contributed by atoms with Crippen LogP contribution in [0, 0.1) is 0 Å². The predicted octanol–water partition coefficient (Wildman–Crippen LogP) is 3.41. The zero-order valence-electron chi connectivity index (χ0n) is 16.5. The molecule has 1 N–H and O–H groups in total. The van der Waals surface area contributed by atoms with Gasteiger partial charge in [-0.25, -0.2) is 4.68 Å². The first-order chi connectivity index (χ1) is 14.5. The van der Waals surface area contributed by atoms with Gasteiger partial charge in [0.1, 0.15) is 0 Å². The van der Waals surface area contributed by atoms with Gasteiger partial charge in [0.2, 0.25) is 5.91 Å². The van der Waals surface area contributed by atoms with E-state index in [2.05, 4.69) is 10.4 Å². The van der Waals surface area contributed by atoms with E-state index in [0.29, 0.717) is 23.8 Å². The molecule has 0 atom stereocenters. The van der Waals surface area contributed by atoms with Gasteiger partial charge in [-0.1, -0.05) is 41.9 Å². The molecule has 0 fully saturated rings. The molecule has 0 saturated heterocycles. The smallest absolute Gasteiger partial charge is 0.266 e. The van der Waals surface area contributed by atoms with Crippen LogP contribution in [0.2, 0.25) is 5.02 Å². The maximum absolute atomic E-state index is 12.4. The molecule has 4 aromatic rings. The average molecular weight is 421 g/mol. The molecule has 7 heteroatoms. The first kappa shape index (κ1) is 19.9. The van der Waals surface area contributed by atoms with E-state index < -0.39 is 0 Å². The summed E-state index contributed by atoms with van der Waals surface area (Å²) in [6.07, 6.45) is 2.26. The summed E-state index contributed by atoms with van der Waals surface area (Å²) in [6, 6.07) is 18.4. The quantitative estimate of drug-likeness (QED) is 0.519. The minimum atomic E-state index is -0.212. The molecular formula is C23H21ClN4O2. The summed E-state index contributed by atoms with van der Waals surface area (Å²) < 4.78 is 3.38. The van der Waals surface area contributed by atoms with E-state index in [9.17, 15) is 9.59 Å². The van der Waals surface area contributed by atoms with Crippen molar-refractivity contribution in [3.8, 4) is 11.3 Å². The van der Waals surface area contributed by atoms with E-state index in [1.54, 1.807) is 18.2 Å². The number of aromatic nitrogens is 3. The van der Waals surface area contributed by atoms with Gasteiger partial charge in [0.25, 0.3) is 5.56 Å². The standard InChI is InChI=1S/C23H21ClN4O2/c1-27-15-17(19-4-2-3-5-21(19)27)14-22(29)25-12-13-28-23(30)11-10-20(26-28)16-6-8-18(24)9-7-16/h2-11,15H,12-14H2,1H3,(H,25,29). The molecular weight excluding hydrogens is 400 g/mol. The number of hydrogen-bond acceptors (Lipinski definition) is 3. The Labute approximate surface area is 178 Å². The highest BCUT2D eigenvalue weighted by Gasteiger charge is 2.10. The monoisotopic (exact) mass is 420 g/mol. The van der Waals surface area contributed by atoms with Crippen molar-refractivity contribution in [2.24, 2.45) is 7.05 Å². The zero-order valence-corrected chi connectivity index (χ0v) is 17.3. The summed E-state index contributed by atoms with van der Waals surface area (Å²) in [5.41, 5.74) is 3.40. The van der Waals surface area contributed by atoms with Gasteiger partial charge in [0.05, 0.1) is 18.7 Å². The summed E-state index contributed by atoms with van der Waals surface area (Å²) in [5, 5.41) is 9.00. The van der Waals surface area contributed by atoms with Crippen LogP contribution in [-0.4, -0.2) is 26.8 Å². The lowest BCUT2D eigenvalue weighted by Gasteiger charge is -2.09. The summed E-state index contributed by atoms with van der Waals surface area (Å²) in [4.78, 5) is 24.6. The molecule has 0 aliphatic rings. The van der Waals surface area contributed by atoms with Crippen LogP contribution < -0.4 is 10.9 Å². The largest absolute Gasteiger partial charge is 0.354 e. The number of fused-ring (bicyclic) bond motifs is 1. The highest BCUT2D eigenvalue weighted by atomic mass is 35.5. The number of carbonyl (C=O) groups is 1. The van der Waals surface area contributed by atoms with Crippen LogP contribution in [-0.2, 0) is 24.8 Å². The number of para-hydroxylation sites is 1. The lowest BCUT2D eigenvalue weighted by atomic mass is 10.1. The molecule has 2 aromatic carbocycles. The van der Waals surface area contributed by atoms with Crippen LogP contribution in [0.5, 0.6) is 0 Å². The highest BCUT2D eigenvalue weighted by molar-refractivity contribution is 6.30. The molecule has 152 valence electrons. The van der Waals surface area contributed by atoms with Gasteiger partial charge < -0.3 is 9.88 Å². The fourth-order valence-electron chi connectivity index (χ4n) is 3.49. The Morgan fingerprint density at radius 3 is 2.63 bits per heavy atom. The molecule has 0 unspecified atom stereocenters. The number of halogens is 1. The van der Waals surface area contributed by atoms with E-state index in [1.807, 2.05) is 54.2 Å². The molecule has 0 aliphatic heterocycles. The fourth-order valence-corrected chi connectivity index (χ4v) is 3.61. The summed E-state index contributed by atoms with van der Waals surface area (Å²) >= 11 is 5.93. The minimum absolute atomic E-state index is 0.0896. The van der Waals surface area contributed by atoms with Gasteiger partial charge in [-0.2, -0.15) is 5.10 Å². The van der Waals surface area contributed by atoms with Crippen LogP contribution in [0.4, 0.5) is 0 Å². The maximum atomic E-state index is 12.4. The Kier molecular flexibility index (Phi) is 5.68. The molecule has 2 heterocycles. The second kappa shape index (κ2) is 8.55. The van der Waals surface area contributed by atoms with E-state index >= 15 is 0 Å². The Morgan fingerprint density at radius 1 is 1.07 bits per heavy atom. The molecule has 2 aromatic heterocycles. The van der Waals surface area contributed by atoms with Crippen molar-refractivity contribution in [2.45, 2.75) is 13.0 Å². The van der Waals surface area contributed by atoms with Crippen molar-refractivity contribution in [1.82, 2.24) is 19.7 Å². The first-order valence-electron chi connectivity index (χ1n) is 9.65. The normalized spacial score (nSPS) is 11.0. The minimum Gasteiger partial charge on any atom is -0.354 e. The fraction of sp³-hybridized carbons (Fsp3) is 0.174. The third kappa shape index (κ3) is 4.28. The van der Waals surface area contributed by atoms with E-state index in [1.165, 1.54) is 10.7 Å². The number of carbonyl (C=O) groups excluding carboxylic acids is 1. The zero-order chi connectivity index (χ0) is 21.1. The van der Waals surface area contributed by atoms with Crippen LogP contribution in [0.15, 0.2) is 71.7 Å². The summed E-state index contributed by atoms with van der Waals surface area (Å²) in [7, 11) is 1.97. The molecule has 1 amide bonds. The average Bonchev–Trinajstić information content (AvgIpc) is 3.06. The van der Waals surface area contributed by atoms with Gasteiger partial charge in [-0.3, -0.25) is 9.59 Å². The number of benzene rings is 2. The second-order valence-corrected chi connectivity index (χ2v) is 7.53. The van der Waals surface area contributed by atoms with Crippen molar-refractivity contribution in [1.29, 1.82) is 0 Å². The van der Waals surface area contributed by atoms with Crippen LogP contribution in [0.1, 0.15) is 5.56 Å². The molecule has 4 rings (SSSR count). The Bertz CT molecular complexity index is 1260. The molecule has 0 spiro atoms. The van der Waals surface area contributed by atoms with Gasteiger partial charge in [0.15, 0.2) is 0 Å². The number of aryl methyl sites for hydroxylation is 1. The first-order valence-corrected chi connectivity index (χ1v) is 10.0. The number of hydrogen-bond donors (Lipinski definition) is 1. The van der Waals surface area contributed by atoms with Crippen LogP contribution in [0.3, 0.4) is 0 Å². The molecule has 0 aliphatic carbocycles. The third-order valence-corrected chi connectivity index (χ3v) is 5.23. The van der Waals surface area contributed by atoms with Crippen molar-refractivity contribution in [3.05, 3.63) is 87.8 Å². The van der Waals surface area contributed by atoms with E-state index in [-0.39, 0.29) is 17.9 Å². The van der Waals surface area contributed by atoms with Crippen molar-refractivity contribution >= 4 is 28.4 Å². The Balaban J connectivity index is 1.40. The highest BCUT2D eigenvalue weighted by Crippen LogP contribution is 2.21. The van der Waals surface area contributed by atoms with Crippen molar-refractivity contribution in [2.75, 3.05) is 6.54 Å². The Hall–Kier alpha value is -3.38.